The molecule has 1 aliphatic heterocycles. The van der Waals surface area contributed by atoms with E-state index in [0.29, 0.717) is 25.0 Å². The lowest BCUT2D eigenvalue weighted by atomic mass is 9.79. The predicted octanol–water partition coefficient (Wildman–Crippen LogP) is 3.72. The number of nitrogens with one attached hydrogen (secondary N) is 3. The Balaban J connectivity index is 1.51. The molecule has 2 amide bonds. The second-order valence-corrected chi connectivity index (χ2v) is 11.1. The number of aromatic nitrogens is 2. The minimum atomic E-state index is -4.50. The lowest BCUT2D eigenvalue weighted by Gasteiger charge is -2.43. The van der Waals surface area contributed by atoms with Gasteiger partial charge in [-0.05, 0) is 70.6 Å². The Morgan fingerprint density at radius 3 is 2.57 bits per heavy atom. The molecule has 8 nitrogen and oxygen atoms in total. The van der Waals surface area contributed by atoms with Gasteiger partial charge in [0.2, 0.25) is 11.8 Å². The largest absolute Gasteiger partial charge is 0.416 e. The number of carbonyl (C=O) groups excluding carboxylic acids is 2. The number of anilines is 1. The van der Waals surface area contributed by atoms with Crippen LogP contribution in [0.2, 0.25) is 0 Å². The molecule has 0 bridgehead atoms. The average Bonchev–Trinajstić information content (AvgIpc) is 3.16. The Kier molecular flexibility index (Phi) is 7.64. The summed E-state index contributed by atoms with van der Waals surface area (Å²) >= 11 is 0. The first-order valence-corrected chi connectivity index (χ1v) is 12.7. The van der Waals surface area contributed by atoms with Crippen molar-refractivity contribution < 1.29 is 22.8 Å². The number of alkyl halides is 3. The van der Waals surface area contributed by atoms with Crippen molar-refractivity contribution in [2.45, 2.75) is 83.2 Å². The topological polar surface area (TPSA) is 99.2 Å². The Bertz CT molecular complexity index is 1150. The van der Waals surface area contributed by atoms with Crippen molar-refractivity contribution in [3.05, 3.63) is 30.1 Å². The lowest BCUT2D eigenvalue weighted by Crippen LogP contribution is -2.54. The number of likely N-dealkylation sites (tertiary alicyclic amines) is 1. The first-order valence-electron chi connectivity index (χ1n) is 12.7. The Morgan fingerprint density at radius 2 is 1.89 bits per heavy atom. The van der Waals surface area contributed by atoms with Crippen LogP contribution in [0.15, 0.2) is 24.5 Å². The highest BCUT2D eigenvalue weighted by Gasteiger charge is 2.42. The number of hydrogen-bond acceptors (Lipinski definition) is 6. The van der Waals surface area contributed by atoms with Gasteiger partial charge >= 0.3 is 6.18 Å². The fourth-order valence-electron chi connectivity index (χ4n) is 5.57. The highest BCUT2D eigenvalue weighted by Crippen LogP contribution is 2.35. The number of amides is 2. The third-order valence-electron chi connectivity index (χ3n) is 7.11. The quantitative estimate of drug-likeness (QED) is 0.537. The van der Waals surface area contributed by atoms with E-state index in [1.165, 1.54) is 19.3 Å². The van der Waals surface area contributed by atoms with Crippen molar-refractivity contribution in [3.8, 4) is 0 Å². The van der Waals surface area contributed by atoms with Crippen LogP contribution in [-0.2, 0) is 15.8 Å². The maximum Gasteiger partial charge on any atom is 0.416 e. The second-order valence-electron chi connectivity index (χ2n) is 11.1. The molecule has 4 atom stereocenters. The molecule has 0 radical (unpaired) electrons. The van der Waals surface area contributed by atoms with Gasteiger partial charge in [0.15, 0.2) is 0 Å². The average molecular weight is 521 g/mol. The fraction of sp³-hybridized carbons (Fsp3) is 0.615. The van der Waals surface area contributed by atoms with Gasteiger partial charge in [-0.3, -0.25) is 9.59 Å². The number of carbonyl (C=O) groups is 2. The van der Waals surface area contributed by atoms with Crippen LogP contribution in [-0.4, -0.2) is 63.4 Å². The monoisotopic (exact) mass is 520 g/mol. The van der Waals surface area contributed by atoms with Crippen molar-refractivity contribution in [2.24, 2.45) is 5.92 Å². The third-order valence-corrected chi connectivity index (χ3v) is 7.11. The summed E-state index contributed by atoms with van der Waals surface area (Å²) in [5, 5.41) is 9.89. The van der Waals surface area contributed by atoms with Crippen LogP contribution in [0.25, 0.3) is 10.9 Å². The van der Waals surface area contributed by atoms with Crippen LogP contribution in [0.4, 0.5) is 19.0 Å². The van der Waals surface area contributed by atoms with E-state index in [0.717, 1.165) is 31.4 Å². The van der Waals surface area contributed by atoms with Crippen LogP contribution in [0.1, 0.15) is 58.9 Å². The molecule has 2 fully saturated rings. The summed E-state index contributed by atoms with van der Waals surface area (Å²) in [5.41, 5.74) is -0.465. The van der Waals surface area contributed by atoms with Crippen LogP contribution in [0.3, 0.4) is 0 Å². The predicted molar refractivity (Wildman–Crippen MR) is 135 cm³/mol. The minimum absolute atomic E-state index is 0.0249. The zero-order valence-electron chi connectivity index (χ0n) is 21.7. The second kappa shape index (κ2) is 10.4. The first kappa shape index (κ1) is 27.1. The van der Waals surface area contributed by atoms with Gasteiger partial charge in [0.1, 0.15) is 18.2 Å². The van der Waals surface area contributed by atoms with E-state index < -0.39 is 17.8 Å². The van der Waals surface area contributed by atoms with Crippen LogP contribution < -0.4 is 16.0 Å². The van der Waals surface area contributed by atoms with Gasteiger partial charge in [-0.2, -0.15) is 13.2 Å². The van der Waals surface area contributed by atoms with E-state index in [1.807, 2.05) is 4.90 Å². The molecule has 202 valence electrons. The van der Waals surface area contributed by atoms with Crippen LogP contribution in [0, 0.1) is 5.92 Å². The van der Waals surface area contributed by atoms with Gasteiger partial charge in [-0.1, -0.05) is 0 Å². The molecule has 0 spiro atoms. The molecule has 1 aliphatic carbocycles. The molecular weight excluding hydrogens is 485 g/mol. The molecule has 11 heteroatoms. The van der Waals surface area contributed by atoms with Crippen molar-refractivity contribution in [2.75, 3.05) is 18.4 Å². The van der Waals surface area contributed by atoms with E-state index in [2.05, 4.69) is 46.7 Å². The summed E-state index contributed by atoms with van der Waals surface area (Å²) in [6, 6.07) is 2.98. The molecular formula is C26H35F3N6O2. The van der Waals surface area contributed by atoms with Gasteiger partial charge in [0, 0.05) is 43.0 Å². The first-order chi connectivity index (χ1) is 17.3. The molecule has 1 aromatic heterocycles. The minimum Gasteiger partial charge on any atom is -0.358 e. The van der Waals surface area contributed by atoms with Gasteiger partial charge in [-0.25, -0.2) is 9.97 Å². The lowest BCUT2D eigenvalue weighted by molar-refractivity contribution is -0.137. The molecule has 1 saturated heterocycles. The third kappa shape index (κ3) is 6.49. The van der Waals surface area contributed by atoms with Gasteiger partial charge in [0.25, 0.3) is 0 Å². The number of hydrogen-bond donors (Lipinski definition) is 3. The standard InChI is InChI=1S/C26H35F3N6O2/c1-15(36)30-13-16-11-18(34-25(2,3)4)6-8-22(16)35-10-9-21(24(35)37)33-23-19-12-17(26(27,28)29)5-7-20(19)31-14-32-23/h5,7,12,14,16,18,21-22,34H,6,8-11,13H2,1-4H3,(H,30,36)(H,31,32,33)/t16?,18?,21?,22-/m0/s1. The fourth-order valence-corrected chi connectivity index (χ4v) is 5.57. The van der Waals surface area contributed by atoms with E-state index in [4.69, 9.17) is 0 Å². The molecule has 1 aromatic carbocycles. The van der Waals surface area contributed by atoms with Gasteiger partial charge in [0.05, 0.1) is 11.1 Å². The summed E-state index contributed by atoms with van der Waals surface area (Å²) in [6.45, 7) is 8.87. The number of rotatable bonds is 6. The van der Waals surface area contributed by atoms with E-state index in [1.54, 1.807) is 0 Å². The zero-order valence-corrected chi connectivity index (χ0v) is 21.7. The number of nitrogens with zero attached hydrogens (tertiary/aromatic N) is 3. The normalized spacial score (nSPS) is 24.9. The number of benzene rings is 1. The Morgan fingerprint density at radius 1 is 1.14 bits per heavy atom. The maximum absolute atomic E-state index is 13.5. The molecule has 2 aromatic rings. The molecule has 4 rings (SSSR count). The summed E-state index contributed by atoms with van der Waals surface area (Å²) in [5.74, 6) is 0.100. The van der Waals surface area contributed by atoms with Crippen LogP contribution in [0.5, 0.6) is 0 Å². The van der Waals surface area contributed by atoms with Crippen molar-refractivity contribution in [1.82, 2.24) is 25.5 Å². The van der Waals surface area contributed by atoms with Crippen LogP contribution >= 0.6 is 0 Å². The summed E-state index contributed by atoms with van der Waals surface area (Å²) in [7, 11) is 0. The number of fused-ring (bicyclic) bond motifs is 1. The highest BCUT2D eigenvalue weighted by atomic mass is 19.4. The molecule has 3 unspecified atom stereocenters. The smallest absolute Gasteiger partial charge is 0.358 e. The number of halogens is 3. The van der Waals surface area contributed by atoms with Crippen molar-refractivity contribution in [1.29, 1.82) is 0 Å². The molecule has 2 aliphatic rings. The van der Waals surface area contributed by atoms with Crippen molar-refractivity contribution >= 4 is 28.5 Å². The maximum atomic E-state index is 13.5. The van der Waals surface area contributed by atoms with Gasteiger partial charge in [-0.15, -0.1) is 0 Å². The molecule has 37 heavy (non-hydrogen) atoms. The van der Waals surface area contributed by atoms with Crippen molar-refractivity contribution in [3.63, 3.8) is 0 Å². The summed E-state index contributed by atoms with van der Waals surface area (Å²) < 4.78 is 39.9. The summed E-state index contributed by atoms with van der Waals surface area (Å²) in [4.78, 5) is 35.2. The Hall–Kier alpha value is -2.95. The molecule has 2 heterocycles. The Labute approximate surface area is 214 Å². The van der Waals surface area contributed by atoms with E-state index in [-0.39, 0.29) is 46.6 Å². The SMILES string of the molecule is CC(=O)NCC1CC(NC(C)(C)C)CC[C@@H]1N1CCC(Nc2ncnc3ccc(C(F)(F)F)cc23)C1=O. The van der Waals surface area contributed by atoms with E-state index in [9.17, 15) is 22.8 Å². The van der Waals surface area contributed by atoms with Gasteiger partial charge < -0.3 is 20.9 Å². The molecule has 1 saturated carbocycles. The van der Waals surface area contributed by atoms with E-state index >= 15 is 0 Å². The zero-order chi connectivity index (χ0) is 27.0. The summed E-state index contributed by atoms with van der Waals surface area (Å²) in [6.07, 6.45) is -0.150. The highest BCUT2D eigenvalue weighted by molar-refractivity contribution is 5.93. The molecule has 3 N–H and O–H groups in total.